The summed E-state index contributed by atoms with van der Waals surface area (Å²) in [6, 6.07) is 21.4. The van der Waals surface area contributed by atoms with Gasteiger partial charge in [-0.15, -0.1) is 11.3 Å². The Kier molecular flexibility index (Phi) is 8.14. The molecule has 0 radical (unpaired) electrons. The highest BCUT2D eigenvalue weighted by Gasteiger charge is 2.25. The van der Waals surface area contributed by atoms with Crippen molar-refractivity contribution in [3.8, 4) is 11.5 Å². The van der Waals surface area contributed by atoms with Crippen LogP contribution in [0.25, 0.3) is 0 Å². The van der Waals surface area contributed by atoms with Crippen molar-refractivity contribution in [1.82, 2.24) is 0 Å². The highest BCUT2D eigenvalue weighted by Crippen LogP contribution is 2.40. The number of carbonyl (C=O) groups is 1. The molecule has 0 atom stereocenters. The first kappa shape index (κ1) is 25.7. The second-order valence-electron chi connectivity index (χ2n) is 9.02. The third kappa shape index (κ3) is 6.11. The number of hydrogen-bond acceptors (Lipinski definition) is 5. The summed E-state index contributed by atoms with van der Waals surface area (Å²) in [7, 11) is 0. The van der Waals surface area contributed by atoms with Crippen LogP contribution >= 0.6 is 11.3 Å². The Morgan fingerprint density at radius 1 is 1.00 bits per heavy atom. The summed E-state index contributed by atoms with van der Waals surface area (Å²) in [6.07, 6.45) is 5.86. The molecule has 0 aliphatic heterocycles. The van der Waals surface area contributed by atoms with Crippen molar-refractivity contribution in [3.63, 3.8) is 0 Å². The van der Waals surface area contributed by atoms with Crippen LogP contribution in [-0.2, 0) is 19.4 Å². The lowest BCUT2D eigenvalue weighted by Crippen LogP contribution is -2.14. The van der Waals surface area contributed by atoms with Gasteiger partial charge in [-0.2, -0.15) is 0 Å². The fourth-order valence-corrected chi connectivity index (χ4v) is 5.69. The summed E-state index contributed by atoms with van der Waals surface area (Å²) >= 11 is 1.60. The van der Waals surface area contributed by atoms with Gasteiger partial charge in [-0.05, 0) is 91.8 Å². The summed E-state index contributed by atoms with van der Waals surface area (Å²) in [4.78, 5) is 19.4. The molecule has 0 saturated carbocycles. The summed E-state index contributed by atoms with van der Waals surface area (Å²) in [5, 5.41) is 3.76. The monoisotopic (exact) mass is 528 g/mol. The molecule has 3 aromatic carbocycles. The Morgan fingerprint density at radius 2 is 1.79 bits per heavy atom. The average Bonchev–Trinajstić information content (AvgIpc) is 3.31. The zero-order valence-electron chi connectivity index (χ0n) is 21.2. The lowest BCUT2D eigenvalue weighted by Gasteiger charge is -2.13. The number of halogens is 1. The molecule has 0 bridgehead atoms. The van der Waals surface area contributed by atoms with E-state index in [9.17, 15) is 9.18 Å². The van der Waals surface area contributed by atoms with Crippen LogP contribution in [0.4, 0.5) is 15.1 Å². The number of aliphatic imine (C=N–C) groups is 1. The molecule has 1 N–H and O–H groups in total. The maximum absolute atomic E-state index is 13.3. The van der Waals surface area contributed by atoms with E-state index in [1.165, 1.54) is 17.0 Å². The van der Waals surface area contributed by atoms with Crippen molar-refractivity contribution in [3.05, 3.63) is 106 Å². The molecule has 0 saturated heterocycles. The largest absolute Gasteiger partial charge is 0.490 e. The maximum Gasteiger partial charge on any atom is 0.259 e. The second-order valence-corrected chi connectivity index (χ2v) is 10.1. The number of rotatable bonds is 9. The van der Waals surface area contributed by atoms with Gasteiger partial charge in [-0.1, -0.05) is 30.3 Å². The van der Waals surface area contributed by atoms with Crippen LogP contribution in [0.2, 0.25) is 0 Å². The van der Waals surface area contributed by atoms with Gasteiger partial charge in [-0.25, -0.2) is 9.38 Å². The summed E-state index contributed by atoms with van der Waals surface area (Å²) in [6.45, 7) is 2.70. The molecule has 0 unspecified atom stereocenters. The Morgan fingerprint density at radius 3 is 2.58 bits per heavy atom. The van der Waals surface area contributed by atoms with Gasteiger partial charge < -0.3 is 14.8 Å². The number of aryl methyl sites for hydroxylation is 1. The Hall–Kier alpha value is -3.97. The van der Waals surface area contributed by atoms with Crippen LogP contribution in [0.5, 0.6) is 11.5 Å². The van der Waals surface area contributed by atoms with Gasteiger partial charge in [-0.3, -0.25) is 4.79 Å². The Labute approximate surface area is 226 Å². The first-order valence-electron chi connectivity index (χ1n) is 12.8. The maximum atomic E-state index is 13.3. The van der Waals surface area contributed by atoms with Crippen molar-refractivity contribution >= 4 is 34.1 Å². The standard InChI is InChI=1S/C31H29FN2O3S/c1-2-36-27-18-22(14-17-26(27)37-20-21-12-15-23(32)16-13-21)19-33-31-29(25-10-6-7-11-28(25)38-31)30(35)34-24-8-4-3-5-9-24/h3-5,8-9,12-19H,2,6-7,10-11,20H2,1H3,(H,34,35)/b33-19-. The molecular weight excluding hydrogens is 499 g/mol. The average molecular weight is 529 g/mol. The molecule has 194 valence electrons. The minimum absolute atomic E-state index is 0.123. The minimum atomic E-state index is -0.278. The fraction of sp³-hybridized carbons (Fsp3) is 0.226. The minimum Gasteiger partial charge on any atom is -0.490 e. The number of nitrogens with one attached hydrogen (secondary N) is 1. The normalized spacial score (nSPS) is 12.8. The van der Waals surface area contributed by atoms with Crippen LogP contribution in [0.1, 0.15) is 51.7 Å². The van der Waals surface area contributed by atoms with E-state index in [2.05, 4.69) is 5.32 Å². The third-order valence-corrected chi connectivity index (χ3v) is 7.52. The number of amides is 1. The molecule has 7 heteroatoms. The van der Waals surface area contributed by atoms with Crippen LogP contribution in [0, 0.1) is 5.82 Å². The number of nitrogens with zero attached hydrogens (tertiary/aromatic N) is 1. The molecule has 38 heavy (non-hydrogen) atoms. The van der Waals surface area contributed by atoms with Crippen LogP contribution < -0.4 is 14.8 Å². The number of benzene rings is 3. The van der Waals surface area contributed by atoms with Gasteiger partial charge >= 0.3 is 0 Å². The SMILES string of the molecule is CCOc1cc(/C=N\c2sc3c(c2C(=O)Nc2ccccc2)CCCC3)ccc1OCc1ccc(F)cc1. The van der Waals surface area contributed by atoms with Crippen LogP contribution in [0.15, 0.2) is 77.8 Å². The molecule has 5 nitrogen and oxygen atoms in total. The van der Waals surface area contributed by atoms with Gasteiger partial charge in [0.2, 0.25) is 0 Å². The zero-order chi connectivity index (χ0) is 26.3. The number of fused-ring (bicyclic) bond motifs is 1. The molecule has 1 heterocycles. The van der Waals surface area contributed by atoms with Crippen molar-refractivity contribution in [2.24, 2.45) is 4.99 Å². The molecule has 0 spiro atoms. The van der Waals surface area contributed by atoms with Gasteiger partial charge in [0.05, 0.1) is 12.2 Å². The number of thiophene rings is 1. The number of ether oxygens (including phenoxy) is 2. The molecule has 1 aliphatic carbocycles. The van der Waals surface area contributed by atoms with E-state index in [-0.39, 0.29) is 11.7 Å². The molecule has 5 rings (SSSR count). The smallest absolute Gasteiger partial charge is 0.259 e. The molecular formula is C31H29FN2O3S. The van der Waals surface area contributed by atoms with Gasteiger partial charge in [0.15, 0.2) is 11.5 Å². The highest BCUT2D eigenvalue weighted by atomic mass is 32.1. The Bertz CT molecular complexity index is 1430. The van der Waals surface area contributed by atoms with Crippen molar-refractivity contribution < 1.29 is 18.7 Å². The summed E-state index contributed by atoms with van der Waals surface area (Å²) < 4.78 is 25.0. The lowest BCUT2D eigenvalue weighted by molar-refractivity contribution is 0.102. The summed E-state index contributed by atoms with van der Waals surface area (Å²) in [5.41, 5.74) is 4.27. The van der Waals surface area contributed by atoms with E-state index >= 15 is 0 Å². The zero-order valence-corrected chi connectivity index (χ0v) is 22.0. The van der Waals surface area contributed by atoms with Gasteiger partial charge in [0.1, 0.15) is 17.4 Å². The second kappa shape index (κ2) is 12.0. The molecule has 0 fully saturated rings. The summed E-state index contributed by atoms with van der Waals surface area (Å²) in [5.74, 6) is 0.802. The Balaban J connectivity index is 1.38. The fourth-order valence-electron chi connectivity index (χ4n) is 4.46. The lowest BCUT2D eigenvalue weighted by atomic mass is 9.95. The molecule has 1 aliphatic rings. The van der Waals surface area contributed by atoms with Crippen molar-refractivity contribution in [2.45, 2.75) is 39.2 Å². The van der Waals surface area contributed by atoms with Crippen LogP contribution in [-0.4, -0.2) is 18.7 Å². The van der Waals surface area contributed by atoms with Gasteiger partial charge in [0.25, 0.3) is 5.91 Å². The third-order valence-electron chi connectivity index (χ3n) is 6.32. The molecule has 4 aromatic rings. The predicted octanol–water partition coefficient (Wildman–Crippen LogP) is 7.75. The number of carbonyl (C=O) groups excluding carboxylic acids is 1. The number of para-hydroxylation sites is 1. The predicted molar refractivity (Wildman–Crippen MR) is 151 cm³/mol. The van der Waals surface area contributed by atoms with E-state index in [1.54, 1.807) is 29.7 Å². The van der Waals surface area contributed by atoms with Crippen molar-refractivity contribution in [1.29, 1.82) is 0 Å². The van der Waals surface area contributed by atoms with E-state index < -0.39 is 0 Å². The highest BCUT2D eigenvalue weighted by molar-refractivity contribution is 7.16. The number of anilines is 1. The van der Waals surface area contributed by atoms with Crippen LogP contribution in [0.3, 0.4) is 0 Å². The molecule has 1 aromatic heterocycles. The molecule has 1 amide bonds. The van der Waals surface area contributed by atoms with E-state index in [4.69, 9.17) is 14.5 Å². The topological polar surface area (TPSA) is 59.9 Å². The quantitative estimate of drug-likeness (QED) is 0.226. The first-order chi connectivity index (χ1) is 18.6. The van der Waals surface area contributed by atoms with E-state index in [0.717, 1.165) is 53.1 Å². The first-order valence-corrected chi connectivity index (χ1v) is 13.6. The van der Waals surface area contributed by atoms with Gasteiger partial charge in [0, 0.05) is 16.8 Å². The number of hydrogen-bond donors (Lipinski definition) is 1. The van der Waals surface area contributed by atoms with E-state index in [0.29, 0.717) is 30.3 Å². The van der Waals surface area contributed by atoms with E-state index in [1.807, 2.05) is 55.5 Å². The van der Waals surface area contributed by atoms with Crippen molar-refractivity contribution in [2.75, 3.05) is 11.9 Å².